The molecule has 2 N–H and O–H groups in total. The number of aromatic nitrogens is 1. The fourth-order valence-corrected chi connectivity index (χ4v) is 3.44. The molecule has 0 spiro atoms. The Balaban J connectivity index is 1.87. The third-order valence-corrected chi connectivity index (χ3v) is 5.02. The summed E-state index contributed by atoms with van der Waals surface area (Å²) in [4.78, 5) is 7.05. The van der Waals surface area contributed by atoms with Crippen LogP contribution >= 0.6 is 15.9 Å². The predicted molar refractivity (Wildman–Crippen MR) is 86.5 cm³/mol. The summed E-state index contributed by atoms with van der Waals surface area (Å²) in [6.45, 7) is 6.20. The van der Waals surface area contributed by atoms with Gasteiger partial charge in [0.15, 0.2) is 0 Å². The quantitative estimate of drug-likeness (QED) is 0.937. The van der Waals surface area contributed by atoms with E-state index in [0.29, 0.717) is 0 Å². The zero-order valence-electron chi connectivity index (χ0n) is 11.8. The first kappa shape index (κ1) is 14.0. The van der Waals surface area contributed by atoms with Crippen molar-refractivity contribution in [3.8, 4) is 0 Å². The first-order valence-corrected chi connectivity index (χ1v) is 7.85. The second-order valence-corrected chi connectivity index (χ2v) is 6.94. The minimum Gasteiger partial charge on any atom is -0.330 e. The van der Waals surface area contributed by atoms with Crippen molar-refractivity contribution in [1.29, 1.82) is 0 Å². The maximum absolute atomic E-state index is 5.89. The number of rotatable bonds is 3. The van der Waals surface area contributed by atoms with Gasteiger partial charge in [0.2, 0.25) is 0 Å². The maximum atomic E-state index is 5.89. The van der Waals surface area contributed by atoms with Crippen molar-refractivity contribution in [2.75, 3.05) is 19.6 Å². The molecule has 1 saturated heterocycles. The van der Waals surface area contributed by atoms with Crippen LogP contribution in [-0.2, 0) is 6.54 Å². The van der Waals surface area contributed by atoms with Gasteiger partial charge >= 0.3 is 0 Å². The van der Waals surface area contributed by atoms with E-state index in [2.05, 4.69) is 50.9 Å². The fourth-order valence-electron chi connectivity index (χ4n) is 2.99. The molecule has 4 heteroatoms. The molecule has 1 aromatic heterocycles. The monoisotopic (exact) mass is 333 g/mol. The Morgan fingerprint density at radius 1 is 1.40 bits per heavy atom. The lowest BCUT2D eigenvalue weighted by Crippen LogP contribution is -2.31. The largest absolute Gasteiger partial charge is 0.330 e. The Kier molecular flexibility index (Phi) is 3.80. The molecule has 3 nitrogen and oxygen atoms in total. The molecule has 0 saturated carbocycles. The Bertz CT molecular complexity index is 628. The van der Waals surface area contributed by atoms with E-state index in [1.165, 1.54) is 17.4 Å². The van der Waals surface area contributed by atoms with E-state index in [1.807, 2.05) is 12.3 Å². The summed E-state index contributed by atoms with van der Waals surface area (Å²) >= 11 is 3.60. The zero-order chi connectivity index (χ0) is 14.2. The summed E-state index contributed by atoms with van der Waals surface area (Å²) in [5.74, 6) is 0. The van der Waals surface area contributed by atoms with Gasteiger partial charge in [-0.15, -0.1) is 0 Å². The van der Waals surface area contributed by atoms with Crippen LogP contribution in [0.2, 0.25) is 0 Å². The molecular formula is C16H20BrN3. The number of nitrogens with zero attached hydrogens (tertiary/aromatic N) is 2. The van der Waals surface area contributed by atoms with E-state index in [9.17, 15) is 0 Å². The average molecular weight is 334 g/mol. The molecule has 106 valence electrons. The molecule has 0 aliphatic carbocycles. The predicted octanol–water partition coefficient (Wildman–Crippen LogP) is 3.17. The zero-order valence-corrected chi connectivity index (χ0v) is 13.4. The average Bonchev–Trinajstić information content (AvgIpc) is 2.85. The molecule has 2 aromatic rings. The number of nitrogens with two attached hydrogens (primary N) is 1. The molecular weight excluding hydrogens is 314 g/mol. The van der Waals surface area contributed by atoms with Crippen LogP contribution in [0.25, 0.3) is 10.9 Å². The van der Waals surface area contributed by atoms with Crippen molar-refractivity contribution in [3.63, 3.8) is 0 Å². The van der Waals surface area contributed by atoms with Crippen LogP contribution in [0.15, 0.2) is 34.9 Å². The van der Waals surface area contributed by atoms with E-state index >= 15 is 0 Å². The van der Waals surface area contributed by atoms with Crippen molar-refractivity contribution < 1.29 is 0 Å². The molecule has 3 rings (SSSR count). The van der Waals surface area contributed by atoms with E-state index < -0.39 is 0 Å². The van der Waals surface area contributed by atoms with Crippen LogP contribution < -0.4 is 5.73 Å². The SMILES string of the molecule is CC1(CN)CCN(Cc2ccc(Br)c3cccnc23)C1. The van der Waals surface area contributed by atoms with Crippen molar-refractivity contribution in [3.05, 3.63) is 40.5 Å². The fraction of sp³-hybridized carbons (Fsp3) is 0.438. The van der Waals surface area contributed by atoms with Gasteiger partial charge < -0.3 is 5.73 Å². The highest BCUT2D eigenvalue weighted by Gasteiger charge is 2.32. The molecule has 2 heterocycles. The minimum absolute atomic E-state index is 0.276. The smallest absolute Gasteiger partial charge is 0.0758 e. The van der Waals surface area contributed by atoms with Gasteiger partial charge in [-0.2, -0.15) is 0 Å². The molecule has 1 aromatic carbocycles. The van der Waals surface area contributed by atoms with Gasteiger partial charge in [-0.25, -0.2) is 0 Å². The van der Waals surface area contributed by atoms with Gasteiger partial charge in [0.1, 0.15) is 0 Å². The van der Waals surface area contributed by atoms with E-state index in [4.69, 9.17) is 5.73 Å². The molecule has 1 aliphatic rings. The van der Waals surface area contributed by atoms with Gasteiger partial charge in [0.25, 0.3) is 0 Å². The molecule has 1 atom stereocenters. The summed E-state index contributed by atoms with van der Waals surface area (Å²) in [6, 6.07) is 8.40. The van der Waals surface area contributed by atoms with Gasteiger partial charge in [0.05, 0.1) is 5.52 Å². The molecule has 0 amide bonds. The van der Waals surface area contributed by atoms with Gasteiger partial charge in [-0.05, 0) is 42.6 Å². The highest BCUT2D eigenvalue weighted by Crippen LogP contribution is 2.31. The number of hydrogen-bond acceptors (Lipinski definition) is 3. The van der Waals surface area contributed by atoms with Crippen LogP contribution in [0.3, 0.4) is 0 Å². The van der Waals surface area contributed by atoms with Crippen LogP contribution in [0.1, 0.15) is 18.9 Å². The standard InChI is InChI=1S/C16H20BrN3/c1-16(10-18)6-8-20(11-16)9-12-4-5-14(17)13-3-2-7-19-15(12)13/h2-5,7H,6,8-11,18H2,1H3. The van der Waals surface area contributed by atoms with Gasteiger partial charge in [0, 0.05) is 29.1 Å². The normalized spacial score (nSPS) is 23.6. The summed E-state index contributed by atoms with van der Waals surface area (Å²) in [5, 5.41) is 1.19. The lowest BCUT2D eigenvalue weighted by Gasteiger charge is -2.23. The van der Waals surface area contributed by atoms with Gasteiger partial charge in [-0.3, -0.25) is 9.88 Å². The van der Waals surface area contributed by atoms with E-state index in [1.54, 1.807) is 0 Å². The van der Waals surface area contributed by atoms with E-state index in [-0.39, 0.29) is 5.41 Å². The molecule has 1 unspecified atom stereocenters. The van der Waals surface area contributed by atoms with E-state index in [0.717, 1.165) is 36.2 Å². The topological polar surface area (TPSA) is 42.1 Å². The van der Waals surface area contributed by atoms with Crippen LogP contribution in [0.4, 0.5) is 0 Å². The number of benzene rings is 1. The first-order valence-electron chi connectivity index (χ1n) is 7.06. The molecule has 1 aliphatic heterocycles. The summed E-state index contributed by atoms with van der Waals surface area (Å²) in [5.41, 5.74) is 8.56. The second kappa shape index (κ2) is 5.43. The second-order valence-electron chi connectivity index (χ2n) is 6.08. The molecule has 0 bridgehead atoms. The number of fused-ring (bicyclic) bond motifs is 1. The Morgan fingerprint density at radius 3 is 3.00 bits per heavy atom. The summed E-state index contributed by atoms with van der Waals surface area (Å²) in [7, 11) is 0. The Labute approximate surface area is 128 Å². The number of halogens is 1. The van der Waals surface area contributed by atoms with Crippen molar-refractivity contribution in [2.45, 2.75) is 19.9 Å². The third kappa shape index (κ3) is 2.60. The number of hydrogen-bond donors (Lipinski definition) is 1. The van der Waals surface area contributed by atoms with Crippen LogP contribution in [0, 0.1) is 5.41 Å². The van der Waals surface area contributed by atoms with Crippen molar-refractivity contribution >= 4 is 26.8 Å². The highest BCUT2D eigenvalue weighted by atomic mass is 79.9. The maximum Gasteiger partial charge on any atom is 0.0758 e. The third-order valence-electron chi connectivity index (χ3n) is 4.32. The molecule has 1 fully saturated rings. The van der Waals surface area contributed by atoms with Crippen molar-refractivity contribution in [1.82, 2.24) is 9.88 Å². The Morgan fingerprint density at radius 2 is 2.25 bits per heavy atom. The van der Waals surface area contributed by atoms with Gasteiger partial charge in [-0.1, -0.05) is 35.0 Å². The molecule has 20 heavy (non-hydrogen) atoms. The van der Waals surface area contributed by atoms with Crippen molar-refractivity contribution in [2.24, 2.45) is 11.1 Å². The number of likely N-dealkylation sites (tertiary alicyclic amines) is 1. The van der Waals surface area contributed by atoms with Crippen LogP contribution in [-0.4, -0.2) is 29.5 Å². The lowest BCUT2D eigenvalue weighted by atomic mass is 9.90. The molecule has 0 radical (unpaired) electrons. The summed E-state index contributed by atoms with van der Waals surface area (Å²) in [6.07, 6.45) is 3.05. The Hall–Kier alpha value is -0.970. The first-order chi connectivity index (χ1) is 9.61. The summed E-state index contributed by atoms with van der Waals surface area (Å²) < 4.78 is 1.11. The van der Waals surface area contributed by atoms with Crippen LogP contribution in [0.5, 0.6) is 0 Å². The minimum atomic E-state index is 0.276. The highest BCUT2D eigenvalue weighted by molar-refractivity contribution is 9.10. The lowest BCUT2D eigenvalue weighted by molar-refractivity contribution is 0.275. The number of pyridine rings is 1.